The predicted molar refractivity (Wildman–Crippen MR) is 60.9 cm³/mol. The number of nitrogens with one attached hydrogen (secondary N) is 1. The van der Waals surface area contributed by atoms with Crippen LogP contribution in [0.2, 0.25) is 0 Å². The van der Waals surface area contributed by atoms with Gasteiger partial charge in [-0.3, -0.25) is 4.79 Å². The van der Waals surface area contributed by atoms with Gasteiger partial charge in [0.15, 0.2) is 0 Å². The minimum atomic E-state index is -0.427. The fourth-order valence-corrected chi connectivity index (χ4v) is 2.48. The van der Waals surface area contributed by atoms with E-state index in [0.29, 0.717) is 22.4 Å². The number of aromatic amines is 1. The molecule has 0 saturated carbocycles. The number of carbonyl (C=O) groups is 1. The normalized spacial score (nSPS) is 10.6. The molecule has 0 amide bonds. The highest BCUT2D eigenvalue weighted by Crippen LogP contribution is 2.26. The van der Waals surface area contributed by atoms with Gasteiger partial charge in [-0.1, -0.05) is 0 Å². The fourth-order valence-electron chi connectivity index (χ4n) is 1.49. The van der Waals surface area contributed by atoms with Crippen LogP contribution in [0.1, 0.15) is 21.5 Å². The lowest BCUT2D eigenvalue weighted by atomic mass is 10.3. The summed E-state index contributed by atoms with van der Waals surface area (Å²) in [5, 5.41) is 0.468. The lowest BCUT2D eigenvalue weighted by Gasteiger charge is -1.97. The number of rotatable bonds is 2. The maximum atomic E-state index is 11.6. The number of thiophene rings is 1. The third-order valence-corrected chi connectivity index (χ3v) is 3.21. The van der Waals surface area contributed by atoms with Crippen molar-refractivity contribution in [2.24, 2.45) is 0 Å². The monoisotopic (exact) mass is 238 g/mol. The average molecular weight is 238 g/mol. The smallest absolute Gasteiger partial charge is 0.350 e. The van der Waals surface area contributed by atoms with E-state index in [1.165, 1.54) is 17.7 Å². The van der Waals surface area contributed by atoms with Crippen LogP contribution in [0, 0.1) is 6.92 Å². The summed E-state index contributed by atoms with van der Waals surface area (Å²) in [5.41, 5.74) is 0.194. The summed E-state index contributed by atoms with van der Waals surface area (Å²) in [4.78, 5) is 30.8. The largest absolute Gasteiger partial charge is 0.462 e. The van der Waals surface area contributed by atoms with Gasteiger partial charge in [0.2, 0.25) is 0 Å². The van der Waals surface area contributed by atoms with E-state index in [4.69, 9.17) is 4.74 Å². The van der Waals surface area contributed by atoms with Gasteiger partial charge in [-0.05, 0) is 13.8 Å². The molecular weight excluding hydrogens is 228 g/mol. The highest BCUT2D eigenvalue weighted by Gasteiger charge is 2.19. The van der Waals surface area contributed by atoms with E-state index in [0.717, 1.165) is 4.88 Å². The standard InChI is InChI=1S/C10H10N2O3S/c1-3-15-10(14)8-7-6(5(2)16-8)9(13)12-4-11-7/h4H,3H2,1-2H3,(H,11,12,13). The third-order valence-electron chi connectivity index (χ3n) is 2.14. The molecule has 0 atom stereocenters. The molecule has 0 aromatic carbocycles. The van der Waals surface area contributed by atoms with Crippen LogP contribution in [-0.2, 0) is 4.74 Å². The Morgan fingerprint density at radius 1 is 1.62 bits per heavy atom. The molecule has 2 aromatic heterocycles. The number of fused-ring (bicyclic) bond motifs is 1. The molecule has 0 aliphatic heterocycles. The van der Waals surface area contributed by atoms with Crippen LogP contribution in [-0.4, -0.2) is 22.5 Å². The first kappa shape index (κ1) is 10.8. The predicted octanol–water partition coefficient (Wildman–Crippen LogP) is 1.47. The molecule has 2 heterocycles. The van der Waals surface area contributed by atoms with Crippen LogP contribution in [0.3, 0.4) is 0 Å². The van der Waals surface area contributed by atoms with Crippen LogP contribution in [0.15, 0.2) is 11.1 Å². The highest BCUT2D eigenvalue weighted by atomic mass is 32.1. The third kappa shape index (κ3) is 1.61. The highest BCUT2D eigenvalue weighted by molar-refractivity contribution is 7.15. The molecule has 0 spiro atoms. The van der Waals surface area contributed by atoms with Crippen molar-refractivity contribution in [2.45, 2.75) is 13.8 Å². The van der Waals surface area contributed by atoms with Crippen LogP contribution in [0.4, 0.5) is 0 Å². The van der Waals surface area contributed by atoms with E-state index in [2.05, 4.69) is 9.97 Å². The second-order valence-electron chi connectivity index (χ2n) is 3.16. The number of aryl methyl sites for hydroxylation is 1. The first-order valence-corrected chi connectivity index (χ1v) is 5.60. The van der Waals surface area contributed by atoms with Crippen molar-refractivity contribution in [1.29, 1.82) is 0 Å². The number of aromatic nitrogens is 2. The van der Waals surface area contributed by atoms with E-state index >= 15 is 0 Å². The number of ether oxygens (including phenoxy) is 1. The van der Waals surface area contributed by atoms with E-state index < -0.39 is 5.97 Å². The maximum absolute atomic E-state index is 11.6. The minimum Gasteiger partial charge on any atom is -0.462 e. The van der Waals surface area contributed by atoms with Gasteiger partial charge in [-0.2, -0.15) is 0 Å². The molecule has 0 unspecified atom stereocenters. The van der Waals surface area contributed by atoms with Crippen molar-refractivity contribution in [2.75, 3.05) is 6.61 Å². The molecule has 0 radical (unpaired) electrons. The molecule has 1 N–H and O–H groups in total. The second-order valence-corrected chi connectivity index (χ2v) is 4.39. The number of H-pyrrole nitrogens is 1. The molecule has 0 aliphatic rings. The van der Waals surface area contributed by atoms with Crippen LogP contribution >= 0.6 is 11.3 Å². The average Bonchev–Trinajstić information content (AvgIpc) is 2.58. The quantitative estimate of drug-likeness (QED) is 0.804. The SMILES string of the molecule is CCOC(=O)c1sc(C)c2c(=O)[nH]cnc12. The Morgan fingerprint density at radius 2 is 2.38 bits per heavy atom. The van der Waals surface area contributed by atoms with E-state index in [-0.39, 0.29) is 5.56 Å². The molecule has 0 bridgehead atoms. The summed E-state index contributed by atoms with van der Waals surface area (Å²) in [5.74, 6) is -0.427. The summed E-state index contributed by atoms with van der Waals surface area (Å²) in [7, 11) is 0. The molecule has 6 heteroatoms. The zero-order valence-electron chi connectivity index (χ0n) is 8.86. The summed E-state index contributed by atoms with van der Waals surface area (Å²) >= 11 is 1.23. The van der Waals surface area contributed by atoms with Gasteiger partial charge in [0.05, 0.1) is 18.3 Å². The first-order chi connectivity index (χ1) is 7.65. The van der Waals surface area contributed by atoms with Crippen molar-refractivity contribution in [1.82, 2.24) is 9.97 Å². The molecule has 5 nitrogen and oxygen atoms in total. The topological polar surface area (TPSA) is 72.1 Å². The van der Waals surface area contributed by atoms with Crippen LogP contribution in [0.5, 0.6) is 0 Å². The van der Waals surface area contributed by atoms with E-state index in [1.54, 1.807) is 13.8 Å². The molecular formula is C10H10N2O3S. The fraction of sp³-hybridized carbons (Fsp3) is 0.300. The lowest BCUT2D eigenvalue weighted by Crippen LogP contribution is -2.08. The number of hydrogen-bond acceptors (Lipinski definition) is 5. The molecule has 84 valence electrons. The minimum absolute atomic E-state index is 0.228. The Hall–Kier alpha value is -1.69. The molecule has 0 fully saturated rings. The van der Waals surface area contributed by atoms with Gasteiger partial charge in [0.1, 0.15) is 10.4 Å². The van der Waals surface area contributed by atoms with Crippen molar-refractivity contribution in [3.8, 4) is 0 Å². The van der Waals surface area contributed by atoms with Gasteiger partial charge in [-0.25, -0.2) is 9.78 Å². The maximum Gasteiger partial charge on any atom is 0.350 e. The molecule has 2 aromatic rings. The Kier molecular flexibility index (Phi) is 2.74. The molecule has 2 rings (SSSR count). The number of carbonyl (C=O) groups excluding carboxylic acids is 1. The van der Waals surface area contributed by atoms with Crippen molar-refractivity contribution in [3.05, 3.63) is 26.4 Å². The van der Waals surface area contributed by atoms with Crippen molar-refractivity contribution in [3.63, 3.8) is 0 Å². The Labute approximate surface area is 95.1 Å². The van der Waals surface area contributed by atoms with Gasteiger partial charge in [0.25, 0.3) is 5.56 Å². The summed E-state index contributed by atoms with van der Waals surface area (Å²) in [6, 6.07) is 0. The molecule has 16 heavy (non-hydrogen) atoms. The van der Waals surface area contributed by atoms with Crippen molar-refractivity contribution >= 4 is 28.2 Å². The molecule has 0 saturated heterocycles. The van der Waals surface area contributed by atoms with Gasteiger partial charge >= 0.3 is 5.97 Å². The molecule has 0 aliphatic carbocycles. The Morgan fingerprint density at radius 3 is 3.06 bits per heavy atom. The Balaban J connectivity index is 2.69. The first-order valence-electron chi connectivity index (χ1n) is 4.79. The zero-order valence-corrected chi connectivity index (χ0v) is 9.68. The van der Waals surface area contributed by atoms with Gasteiger partial charge in [0, 0.05) is 4.88 Å². The summed E-state index contributed by atoms with van der Waals surface area (Å²) in [6.45, 7) is 3.83. The number of nitrogens with zero attached hydrogens (tertiary/aromatic N) is 1. The Bertz CT molecular complexity index is 600. The number of esters is 1. The van der Waals surface area contributed by atoms with Gasteiger partial charge in [-0.15, -0.1) is 11.3 Å². The summed E-state index contributed by atoms with van der Waals surface area (Å²) < 4.78 is 4.91. The summed E-state index contributed by atoms with van der Waals surface area (Å²) in [6.07, 6.45) is 1.29. The van der Waals surface area contributed by atoms with Crippen LogP contribution < -0.4 is 5.56 Å². The van der Waals surface area contributed by atoms with Crippen molar-refractivity contribution < 1.29 is 9.53 Å². The number of hydrogen-bond donors (Lipinski definition) is 1. The second kappa shape index (κ2) is 4.05. The lowest BCUT2D eigenvalue weighted by molar-refractivity contribution is 0.0534. The zero-order chi connectivity index (χ0) is 11.7. The van der Waals surface area contributed by atoms with E-state index in [1.807, 2.05) is 0 Å². The van der Waals surface area contributed by atoms with Crippen LogP contribution in [0.25, 0.3) is 10.9 Å². The van der Waals surface area contributed by atoms with E-state index in [9.17, 15) is 9.59 Å². The van der Waals surface area contributed by atoms with Gasteiger partial charge < -0.3 is 9.72 Å².